The van der Waals surface area contributed by atoms with E-state index in [2.05, 4.69) is 20.8 Å². The maximum absolute atomic E-state index is 11.6. The summed E-state index contributed by atoms with van der Waals surface area (Å²) < 4.78 is 10.8. The number of hydrogen-bond donors (Lipinski definition) is 0. The van der Waals surface area contributed by atoms with Gasteiger partial charge in [-0.3, -0.25) is 4.79 Å². The third-order valence-electron chi connectivity index (χ3n) is 3.76. The van der Waals surface area contributed by atoms with E-state index in [1.807, 2.05) is 6.92 Å². The molecule has 1 saturated heterocycles. The highest BCUT2D eigenvalue weighted by Gasteiger charge is 2.59. The first-order valence-electron chi connectivity index (χ1n) is 6.17. The molecule has 0 aromatic rings. The summed E-state index contributed by atoms with van der Waals surface area (Å²) in [5.74, 6) is -0.0862. The van der Waals surface area contributed by atoms with Crippen molar-refractivity contribution in [1.82, 2.24) is 0 Å². The Balaban J connectivity index is 2.03. The first kappa shape index (κ1) is 11.9. The van der Waals surface area contributed by atoms with E-state index in [-0.39, 0.29) is 22.9 Å². The number of epoxide rings is 1. The van der Waals surface area contributed by atoms with Gasteiger partial charge in [0.25, 0.3) is 0 Å². The van der Waals surface area contributed by atoms with Crippen molar-refractivity contribution in [1.29, 1.82) is 0 Å². The van der Waals surface area contributed by atoms with E-state index in [9.17, 15) is 4.79 Å². The molecule has 0 N–H and O–H groups in total. The van der Waals surface area contributed by atoms with Crippen LogP contribution in [0.1, 0.15) is 47.0 Å². The lowest BCUT2D eigenvalue weighted by Crippen LogP contribution is -2.39. The van der Waals surface area contributed by atoms with Gasteiger partial charge in [0, 0.05) is 5.41 Å². The van der Waals surface area contributed by atoms with Gasteiger partial charge in [-0.2, -0.15) is 0 Å². The van der Waals surface area contributed by atoms with Crippen molar-refractivity contribution in [3.63, 3.8) is 0 Å². The summed E-state index contributed by atoms with van der Waals surface area (Å²) in [7, 11) is 0. The summed E-state index contributed by atoms with van der Waals surface area (Å²) in [6.07, 6.45) is 3.31. The van der Waals surface area contributed by atoms with Crippen molar-refractivity contribution in [2.75, 3.05) is 6.61 Å². The molecular weight excluding hydrogens is 204 g/mol. The van der Waals surface area contributed by atoms with Crippen molar-refractivity contribution < 1.29 is 14.3 Å². The standard InChI is InChI=1S/C13H22O3/c1-5-15-10(14)7-13(4)8-12(2,3)6-9-11(13)16-9/h9,11H,5-8H2,1-4H3. The highest BCUT2D eigenvalue weighted by atomic mass is 16.6. The second kappa shape index (κ2) is 3.73. The Morgan fingerprint density at radius 1 is 1.44 bits per heavy atom. The fraction of sp³-hybridized carbons (Fsp3) is 0.923. The molecule has 0 aromatic carbocycles. The Labute approximate surface area is 97.5 Å². The van der Waals surface area contributed by atoms with E-state index in [1.54, 1.807) is 0 Å². The molecule has 0 bridgehead atoms. The molecule has 3 unspecified atom stereocenters. The first-order valence-corrected chi connectivity index (χ1v) is 6.17. The molecule has 0 aromatic heterocycles. The van der Waals surface area contributed by atoms with Gasteiger partial charge in [-0.15, -0.1) is 0 Å². The highest BCUT2D eigenvalue weighted by molar-refractivity contribution is 5.70. The number of hydrogen-bond acceptors (Lipinski definition) is 3. The van der Waals surface area contributed by atoms with E-state index in [4.69, 9.17) is 9.47 Å². The largest absolute Gasteiger partial charge is 0.466 e. The monoisotopic (exact) mass is 226 g/mol. The van der Waals surface area contributed by atoms with Crippen LogP contribution in [0.5, 0.6) is 0 Å². The summed E-state index contributed by atoms with van der Waals surface area (Å²) in [6, 6.07) is 0. The van der Waals surface area contributed by atoms with Crippen LogP contribution in [0.3, 0.4) is 0 Å². The minimum absolute atomic E-state index is 0.0291. The zero-order valence-corrected chi connectivity index (χ0v) is 10.7. The van der Waals surface area contributed by atoms with E-state index in [1.165, 1.54) is 0 Å². The van der Waals surface area contributed by atoms with Crippen molar-refractivity contribution in [2.45, 2.75) is 59.2 Å². The molecule has 3 atom stereocenters. The van der Waals surface area contributed by atoms with Gasteiger partial charge in [-0.25, -0.2) is 0 Å². The fourth-order valence-electron chi connectivity index (χ4n) is 3.43. The molecule has 1 aliphatic heterocycles. The Hall–Kier alpha value is -0.570. The molecule has 0 spiro atoms. The van der Waals surface area contributed by atoms with Gasteiger partial charge in [0.2, 0.25) is 0 Å². The second-order valence-corrected chi connectivity index (χ2v) is 6.28. The summed E-state index contributed by atoms with van der Waals surface area (Å²) in [5, 5.41) is 0. The molecule has 3 heteroatoms. The number of rotatable bonds is 3. The smallest absolute Gasteiger partial charge is 0.306 e. The van der Waals surface area contributed by atoms with Gasteiger partial charge in [-0.05, 0) is 25.2 Å². The van der Waals surface area contributed by atoms with Gasteiger partial charge in [0.1, 0.15) is 0 Å². The van der Waals surface area contributed by atoms with Crippen molar-refractivity contribution in [3.05, 3.63) is 0 Å². The van der Waals surface area contributed by atoms with Crippen LogP contribution >= 0.6 is 0 Å². The van der Waals surface area contributed by atoms with E-state index in [0.29, 0.717) is 19.1 Å². The normalized spacial score (nSPS) is 40.0. The molecule has 2 aliphatic rings. The van der Waals surface area contributed by atoms with Crippen LogP contribution in [0.2, 0.25) is 0 Å². The van der Waals surface area contributed by atoms with Crippen LogP contribution in [0.15, 0.2) is 0 Å². The Kier molecular flexibility index (Phi) is 2.77. The third kappa shape index (κ3) is 2.24. The molecule has 16 heavy (non-hydrogen) atoms. The molecular formula is C13H22O3. The maximum Gasteiger partial charge on any atom is 0.306 e. The van der Waals surface area contributed by atoms with Crippen LogP contribution < -0.4 is 0 Å². The molecule has 0 radical (unpaired) electrons. The van der Waals surface area contributed by atoms with Gasteiger partial charge in [0.05, 0.1) is 25.2 Å². The van der Waals surface area contributed by atoms with E-state index < -0.39 is 0 Å². The Morgan fingerprint density at radius 3 is 2.75 bits per heavy atom. The van der Waals surface area contributed by atoms with Crippen molar-refractivity contribution in [2.24, 2.45) is 10.8 Å². The first-order chi connectivity index (χ1) is 7.36. The zero-order chi connectivity index (χ0) is 12.0. The zero-order valence-electron chi connectivity index (χ0n) is 10.7. The van der Waals surface area contributed by atoms with Crippen LogP contribution in [-0.4, -0.2) is 24.8 Å². The van der Waals surface area contributed by atoms with Crippen molar-refractivity contribution in [3.8, 4) is 0 Å². The molecule has 1 saturated carbocycles. The van der Waals surface area contributed by atoms with Crippen LogP contribution in [0.25, 0.3) is 0 Å². The molecule has 2 fully saturated rings. The summed E-state index contributed by atoms with van der Waals surface area (Å²) in [4.78, 5) is 11.6. The SMILES string of the molecule is CCOC(=O)CC1(C)CC(C)(C)CC2OC21. The lowest BCUT2D eigenvalue weighted by atomic mass is 9.63. The predicted molar refractivity (Wildman–Crippen MR) is 61.0 cm³/mol. The third-order valence-corrected chi connectivity index (χ3v) is 3.76. The number of esters is 1. The molecule has 92 valence electrons. The molecule has 1 aliphatic carbocycles. The van der Waals surface area contributed by atoms with Gasteiger partial charge < -0.3 is 9.47 Å². The Bertz CT molecular complexity index is 298. The predicted octanol–water partition coefficient (Wildman–Crippen LogP) is 2.53. The van der Waals surface area contributed by atoms with E-state index >= 15 is 0 Å². The fourth-order valence-corrected chi connectivity index (χ4v) is 3.43. The molecule has 1 heterocycles. The average molecular weight is 226 g/mol. The molecule has 3 nitrogen and oxygen atoms in total. The maximum atomic E-state index is 11.6. The van der Waals surface area contributed by atoms with Crippen LogP contribution in [0.4, 0.5) is 0 Å². The topological polar surface area (TPSA) is 38.8 Å². The Morgan fingerprint density at radius 2 is 2.12 bits per heavy atom. The van der Waals surface area contributed by atoms with Gasteiger partial charge in [0.15, 0.2) is 0 Å². The molecule has 2 rings (SSSR count). The second-order valence-electron chi connectivity index (χ2n) is 6.28. The highest BCUT2D eigenvalue weighted by Crippen LogP contribution is 2.57. The van der Waals surface area contributed by atoms with Crippen LogP contribution in [0, 0.1) is 10.8 Å². The molecule has 0 amide bonds. The summed E-state index contributed by atoms with van der Waals surface area (Å²) in [5.41, 5.74) is 0.248. The lowest BCUT2D eigenvalue weighted by molar-refractivity contribution is -0.146. The minimum Gasteiger partial charge on any atom is -0.466 e. The van der Waals surface area contributed by atoms with Gasteiger partial charge in [-0.1, -0.05) is 20.8 Å². The lowest BCUT2D eigenvalue weighted by Gasteiger charge is -2.39. The number of ether oxygens (including phenoxy) is 2. The number of carbonyl (C=O) groups excluding carboxylic acids is 1. The average Bonchev–Trinajstić information content (AvgIpc) is 2.80. The quantitative estimate of drug-likeness (QED) is 0.548. The van der Waals surface area contributed by atoms with E-state index in [0.717, 1.165) is 12.8 Å². The number of fused-ring (bicyclic) bond motifs is 1. The minimum atomic E-state index is -0.0862. The van der Waals surface area contributed by atoms with Gasteiger partial charge >= 0.3 is 5.97 Å². The van der Waals surface area contributed by atoms with Crippen molar-refractivity contribution >= 4 is 5.97 Å². The number of carbonyl (C=O) groups is 1. The summed E-state index contributed by atoms with van der Waals surface area (Å²) in [6.45, 7) is 8.99. The van der Waals surface area contributed by atoms with Crippen LogP contribution in [-0.2, 0) is 14.3 Å². The summed E-state index contributed by atoms with van der Waals surface area (Å²) >= 11 is 0.